The first-order valence-corrected chi connectivity index (χ1v) is 12.9. The number of hydrogen-bond donors (Lipinski definition) is 0. The van der Waals surface area contributed by atoms with Gasteiger partial charge in [-0.25, -0.2) is 12.8 Å². The number of sulfone groups is 1. The minimum absolute atomic E-state index is 0.00876. The molecule has 0 saturated heterocycles. The lowest BCUT2D eigenvalue weighted by molar-refractivity contribution is 0.279. The molecule has 0 unspecified atom stereocenters. The third kappa shape index (κ3) is 5.99. The van der Waals surface area contributed by atoms with Crippen molar-refractivity contribution in [3.63, 3.8) is 0 Å². The molecule has 1 fully saturated rings. The van der Waals surface area contributed by atoms with Gasteiger partial charge in [0.2, 0.25) is 11.3 Å². The molecule has 1 aromatic carbocycles. The summed E-state index contributed by atoms with van der Waals surface area (Å²) in [5, 5.41) is 0. The zero-order chi connectivity index (χ0) is 24.3. The van der Waals surface area contributed by atoms with Gasteiger partial charge in [0.1, 0.15) is 0 Å². The van der Waals surface area contributed by atoms with Crippen molar-refractivity contribution in [2.75, 3.05) is 12.4 Å². The van der Waals surface area contributed by atoms with E-state index < -0.39 is 15.7 Å². The minimum atomic E-state index is -3.42. The Kier molecular flexibility index (Phi) is 6.97. The molecule has 0 bridgehead atoms. The Morgan fingerprint density at radius 1 is 1.18 bits per heavy atom. The lowest BCUT2D eigenvalue weighted by Gasteiger charge is -2.14. The summed E-state index contributed by atoms with van der Waals surface area (Å²) in [7, 11) is -1.82. The van der Waals surface area contributed by atoms with Crippen molar-refractivity contribution in [2.45, 2.75) is 31.9 Å². The van der Waals surface area contributed by atoms with Gasteiger partial charge in [0.05, 0.1) is 29.5 Å². The fourth-order valence-electron chi connectivity index (χ4n) is 3.38. The number of benzene rings is 1. The van der Waals surface area contributed by atoms with Crippen LogP contribution in [0, 0.1) is 11.7 Å². The van der Waals surface area contributed by atoms with Gasteiger partial charge in [0.15, 0.2) is 21.4 Å². The third-order valence-electron chi connectivity index (χ3n) is 5.32. The summed E-state index contributed by atoms with van der Waals surface area (Å²) in [6.07, 6.45) is 4.20. The highest BCUT2D eigenvalue weighted by Crippen LogP contribution is 2.36. The van der Waals surface area contributed by atoms with Crippen LogP contribution >= 0.6 is 0 Å². The molecule has 34 heavy (non-hydrogen) atoms. The summed E-state index contributed by atoms with van der Waals surface area (Å²) in [6.45, 7) is 2.24. The van der Waals surface area contributed by atoms with E-state index in [9.17, 15) is 17.6 Å². The van der Waals surface area contributed by atoms with Crippen molar-refractivity contribution in [1.82, 2.24) is 14.5 Å². The number of rotatable bonds is 10. The van der Waals surface area contributed by atoms with E-state index in [0.717, 1.165) is 12.8 Å². The standard InChI is InChI=1S/C24H26FN3O5S/c1-3-11-34(30,31)15-18-12-20(17-9-10-22(29)28(2)13-17)27-24(26-18)33-23-19(25)5-4-6-21(23)32-14-16-7-8-16/h4-6,9-10,12-13,16H,3,7-8,11,14-15H2,1-2H3. The minimum Gasteiger partial charge on any atom is -0.489 e. The number of hydrogen-bond acceptors (Lipinski definition) is 7. The summed E-state index contributed by atoms with van der Waals surface area (Å²) in [4.78, 5) is 20.4. The molecule has 0 aliphatic heterocycles. The molecule has 1 saturated carbocycles. The Morgan fingerprint density at radius 2 is 1.97 bits per heavy atom. The van der Waals surface area contributed by atoms with Gasteiger partial charge in [-0.1, -0.05) is 13.0 Å². The van der Waals surface area contributed by atoms with Crippen molar-refractivity contribution >= 4 is 9.84 Å². The van der Waals surface area contributed by atoms with Gasteiger partial charge in [-0.05, 0) is 49.4 Å². The third-order valence-corrected chi connectivity index (χ3v) is 7.08. The average Bonchev–Trinajstić information content (AvgIpc) is 3.60. The summed E-state index contributed by atoms with van der Waals surface area (Å²) in [6, 6.07) is 8.64. The number of ether oxygens (including phenoxy) is 2. The number of halogens is 1. The molecule has 0 amide bonds. The first-order chi connectivity index (χ1) is 16.2. The van der Waals surface area contributed by atoms with E-state index in [1.807, 2.05) is 0 Å². The largest absolute Gasteiger partial charge is 0.489 e. The van der Waals surface area contributed by atoms with Crippen LogP contribution in [0.15, 0.2) is 47.4 Å². The quantitative estimate of drug-likeness (QED) is 0.428. The number of para-hydroxylation sites is 1. The summed E-state index contributed by atoms with van der Waals surface area (Å²) < 4.78 is 52.4. The van der Waals surface area contributed by atoms with Crippen LogP contribution in [0.1, 0.15) is 31.9 Å². The van der Waals surface area contributed by atoms with Crippen LogP contribution in [-0.4, -0.2) is 35.3 Å². The predicted molar refractivity (Wildman–Crippen MR) is 125 cm³/mol. The van der Waals surface area contributed by atoms with E-state index in [0.29, 0.717) is 30.2 Å². The highest BCUT2D eigenvalue weighted by molar-refractivity contribution is 7.90. The molecule has 10 heteroatoms. The van der Waals surface area contributed by atoms with Gasteiger partial charge in [-0.15, -0.1) is 0 Å². The molecule has 1 aliphatic carbocycles. The van der Waals surface area contributed by atoms with Gasteiger partial charge in [-0.3, -0.25) is 4.79 Å². The van der Waals surface area contributed by atoms with Crippen molar-refractivity contribution in [2.24, 2.45) is 13.0 Å². The highest BCUT2D eigenvalue weighted by atomic mass is 32.2. The molecule has 0 N–H and O–H groups in total. The van der Waals surface area contributed by atoms with E-state index in [4.69, 9.17) is 9.47 Å². The fourth-order valence-corrected chi connectivity index (χ4v) is 4.74. The maximum atomic E-state index is 14.7. The maximum Gasteiger partial charge on any atom is 0.323 e. The number of aryl methyl sites for hydroxylation is 1. The topological polar surface area (TPSA) is 100 Å². The van der Waals surface area contributed by atoms with Crippen LogP contribution < -0.4 is 15.0 Å². The van der Waals surface area contributed by atoms with Crippen molar-refractivity contribution in [3.8, 4) is 28.8 Å². The predicted octanol–water partition coefficient (Wildman–Crippen LogP) is 3.89. The van der Waals surface area contributed by atoms with Gasteiger partial charge < -0.3 is 14.0 Å². The molecule has 2 heterocycles. The van der Waals surface area contributed by atoms with Gasteiger partial charge >= 0.3 is 6.01 Å². The van der Waals surface area contributed by atoms with E-state index in [1.54, 1.807) is 32.3 Å². The smallest absolute Gasteiger partial charge is 0.323 e. The Balaban J connectivity index is 1.73. The van der Waals surface area contributed by atoms with Crippen molar-refractivity contribution in [3.05, 3.63) is 64.5 Å². The van der Waals surface area contributed by atoms with E-state index >= 15 is 0 Å². The highest BCUT2D eigenvalue weighted by Gasteiger charge is 2.24. The Bertz CT molecular complexity index is 1350. The van der Waals surface area contributed by atoms with Crippen LogP contribution in [0.25, 0.3) is 11.3 Å². The SMILES string of the molecule is CCCS(=O)(=O)Cc1cc(-c2ccc(=O)n(C)c2)nc(Oc2c(F)cccc2OCC2CC2)n1. The summed E-state index contributed by atoms with van der Waals surface area (Å²) >= 11 is 0. The monoisotopic (exact) mass is 487 g/mol. The molecule has 4 rings (SSSR count). The first kappa shape index (κ1) is 23.9. The van der Waals surface area contributed by atoms with E-state index in [1.165, 1.54) is 28.8 Å². The molecule has 180 valence electrons. The molecule has 2 aromatic heterocycles. The molecule has 0 radical (unpaired) electrons. The van der Waals surface area contributed by atoms with Crippen molar-refractivity contribution in [1.29, 1.82) is 0 Å². The van der Waals surface area contributed by atoms with Crippen LogP contribution in [0.3, 0.4) is 0 Å². The molecule has 8 nitrogen and oxygen atoms in total. The Labute approximate surface area is 197 Å². The van der Waals surface area contributed by atoms with Crippen LogP contribution in [0.5, 0.6) is 17.5 Å². The molecular weight excluding hydrogens is 461 g/mol. The van der Waals surface area contributed by atoms with Gasteiger partial charge in [0.25, 0.3) is 0 Å². The summed E-state index contributed by atoms with van der Waals surface area (Å²) in [5.41, 5.74) is 0.907. The second kappa shape index (κ2) is 9.92. The van der Waals surface area contributed by atoms with Crippen LogP contribution in [-0.2, 0) is 22.6 Å². The summed E-state index contributed by atoms with van der Waals surface area (Å²) in [5.74, 6) is -0.443. The van der Waals surface area contributed by atoms with Gasteiger partial charge in [0, 0.05) is 24.9 Å². The Morgan fingerprint density at radius 3 is 2.68 bits per heavy atom. The number of pyridine rings is 1. The van der Waals surface area contributed by atoms with E-state index in [2.05, 4.69) is 9.97 Å². The zero-order valence-electron chi connectivity index (χ0n) is 19.0. The van der Waals surface area contributed by atoms with Crippen molar-refractivity contribution < 1.29 is 22.3 Å². The zero-order valence-corrected chi connectivity index (χ0v) is 19.8. The second-order valence-electron chi connectivity index (χ2n) is 8.41. The lowest BCUT2D eigenvalue weighted by Crippen LogP contribution is -2.14. The van der Waals surface area contributed by atoms with Crippen LogP contribution in [0.4, 0.5) is 4.39 Å². The lowest BCUT2D eigenvalue weighted by atomic mass is 10.2. The number of nitrogens with zero attached hydrogens (tertiary/aromatic N) is 3. The number of aromatic nitrogens is 3. The molecule has 0 atom stereocenters. The molecule has 3 aromatic rings. The molecular formula is C24H26FN3O5S. The molecule has 0 spiro atoms. The average molecular weight is 488 g/mol. The Hall–Kier alpha value is -3.27. The second-order valence-corrected chi connectivity index (χ2v) is 10.6. The molecule has 1 aliphatic rings. The normalized spacial score (nSPS) is 13.6. The maximum absolute atomic E-state index is 14.7. The van der Waals surface area contributed by atoms with E-state index in [-0.39, 0.29) is 40.3 Å². The fraction of sp³-hybridized carbons (Fsp3) is 0.375. The van der Waals surface area contributed by atoms with Gasteiger partial charge in [-0.2, -0.15) is 9.97 Å². The van der Waals surface area contributed by atoms with Crippen LogP contribution in [0.2, 0.25) is 0 Å². The first-order valence-electron chi connectivity index (χ1n) is 11.1.